The van der Waals surface area contributed by atoms with Crippen molar-refractivity contribution in [1.82, 2.24) is 9.97 Å². The second-order valence-electron chi connectivity index (χ2n) is 3.78. The number of nitrogens with zero attached hydrogens (tertiary/aromatic N) is 3. The molecule has 0 aliphatic carbocycles. The number of carbonyl (C=O) groups is 1. The lowest BCUT2D eigenvalue weighted by atomic mass is 10.1. The van der Waals surface area contributed by atoms with Crippen LogP contribution in [-0.4, -0.2) is 21.5 Å². The van der Waals surface area contributed by atoms with Crippen LogP contribution in [0.3, 0.4) is 0 Å². The van der Waals surface area contributed by atoms with Gasteiger partial charge in [-0.25, -0.2) is 9.97 Å². The van der Waals surface area contributed by atoms with E-state index >= 15 is 0 Å². The van der Waals surface area contributed by atoms with Gasteiger partial charge in [0.15, 0.2) is 10.9 Å². The number of halogens is 1. The number of benzene rings is 1. The molecule has 1 aromatic heterocycles. The first-order chi connectivity index (χ1) is 9.60. The average Bonchev–Trinajstić information content (AvgIpc) is 2.45. The second-order valence-corrected chi connectivity index (χ2v) is 5.16. The van der Waals surface area contributed by atoms with Gasteiger partial charge in [0, 0.05) is 10.6 Å². The van der Waals surface area contributed by atoms with Gasteiger partial charge in [-0.05, 0) is 24.3 Å². The van der Waals surface area contributed by atoms with Crippen LogP contribution in [0.25, 0.3) is 0 Å². The van der Waals surface area contributed by atoms with Crippen molar-refractivity contribution >= 4 is 35.0 Å². The van der Waals surface area contributed by atoms with Crippen LogP contribution in [0.5, 0.6) is 0 Å². The van der Waals surface area contributed by atoms with Gasteiger partial charge in [-0.15, -0.1) is 0 Å². The molecule has 2 rings (SSSR count). The number of thioether (sulfide) groups is 1. The molecular weight excluding hydrogens is 296 g/mol. The highest BCUT2D eigenvalue weighted by Gasteiger charge is 2.09. The van der Waals surface area contributed by atoms with E-state index in [1.54, 1.807) is 24.3 Å². The number of carbonyl (C=O) groups excluding carboxylic acids is 1. The van der Waals surface area contributed by atoms with E-state index in [0.717, 1.165) is 0 Å². The molecule has 0 unspecified atom stereocenters. The highest BCUT2D eigenvalue weighted by Crippen LogP contribution is 2.18. The van der Waals surface area contributed by atoms with Crippen molar-refractivity contribution in [3.05, 3.63) is 46.6 Å². The molecule has 0 spiro atoms. The quantitative estimate of drug-likeness (QED) is 0.530. The Morgan fingerprint density at radius 3 is 2.70 bits per heavy atom. The number of ketones is 1. The zero-order chi connectivity index (χ0) is 14.5. The van der Waals surface area contributed by atoms with Gasteiger partial charge in [0.05, 0.1) is 11.9 Å². The lowest BCUT2D eigenvalue weighted by molar-refractivity contribution is 0.102. The van der Waals surface area contributed by atoms with Crippen molar-refractivity contribution < 1.29 is 4.79 Å². The molecule has 20 heavy (non-hydrogen) atoms. The van der Waals surface area contributed by atoms with Crippen molar-refractivity contribution in [2.75, 3.05) is 11.5 Å². The van der Waals surface area contributed by atoms with Crippen LogP contribution in [0.1, 0.15) is 15.9 Å². The van der Waals surface area contributed by atoms with E-state index in [2.05, 4.69) is 9.97 Å². The summed E-state index contributed by atoms with van der Waals surface area (Å²) >= 11 is 6.93. The number of hydrogen-bond acceptors (Lipinski definition) is 6. The van der Waals surface area contributed by atoms with Crippen LogP contribution >= 0.6 is 23.4 Å². The molecule has 0 saturated heterocycles. The van der Waals surface area contributed by atoms with E-state index < -0.39 is 0 Å². The van der Waals surface area contributed by atoms with Gasteiger partial charge in [0.1, 0.15) is 17.5 Å². The van der Waals surface area contributed by atoms with Crippen molar-refractivity contribution in [2.45, 2.75) is 5.16 Å². The van der Waals surface area contributed by atoms with Gasteiger partial charge < -0.3 is 5.73 Å². The van der Waals surface area contributed by atoms with E-state index in [9.17, 15) is 4.79 Å². The number of rotatable bonds is 4. The molecule has 0 aliphatic rings. The SMILES string of the molecule is N#Cc1cnc(SCC(=O)c2ccc(Cl)cc2)nc1N. The summed E-state index contributed by atoms with van der Waals surface area (Å²) in [7, 11) is 0. The fraction of sp³-hybridized carbons (Fsp3) is 0.0769. The first kappa shape index (κ1) is 14.3. The molecule has 0 bridgehead atoms. The first-order valence-corrected chi connectivity index (χ1v) is 6.90. The Labute approximate surface area is 124 Å². The van der Waals surface area contributed by atoms with E-state index in [0.29, 0.717) is 15.7 Å². The van der Waals surface area contributed by atoms with Crippen molar-refractivity contribution in [3.8, 4) is 6.07 Å². The molecule has 0 fully saturated rings. The molecule has 0 atom stereocenters. The minimum absolute atomic E-state index is 0.0572. The largest absolute Gasteiger partial charge is 0.382 e. The fourth-order valence-electron chi connectivity index (χ4n) is 1.38. The van der Waals surface area contributed by atoms with Crippen molar-refractivity contribution in [2.24, 2.45) is 0 Å². The molecule has 5 nitrogen and oxygen atoms in total. The number of aromatic nitrogens is 2. The molecule has 0 saturated carbocycles. The highest BCUT2D eigenvalue weighted by atomic mass is 35.5. The molecule has 1 aromatic carbocycles. The maximum Gasteiger partial charge on any atom is 0.189 e. The van der Waals surface area contributed by atoms with E-state index in [-0.39, 0.29) is 22.9 Å². The zero-order valence-electron chi connectivity index (χ0n) is 10.2. The smallest absolute Gasteiger partial charge is 0.189 e. The van der Waals surface area contributed by atoms with Crippen LogP contribution < -0.4 is 5.73 Å². The third kappa shape index (κ3) is 3.47. The van der Waals surface area contributed by atoms with Crippen LogP contribution in [-0.2, 0) is 0 Å². The Morgan fingerprint density at radius 2 is 2.10 bits per heavy atom. The van der Waals surface area contributed by atoms with Gasteiger partial charge in [0.2, 0.25) is 0 Å². The Bertz CT molecular complexity index is 682. The summed E-state index contributed by atoms with van der Waals surface area (Å²) in [6.07, 6.45) is 1.34. The summed E-state index contributed by atoms with van der Waals surface area (Å²) in [6.45, 7) is 0. The zero-order valence-corrected chi connectivity index (χ0v) is 11.8. The Kier molecular flexibility index (Phi) is 4.56. The number of Topliss-reactive ketones (excluding diaryl/α,β-unsaturated/α-hetero) is 1. The predicted octanol–water partition coefficient (Wildman–Crippen LogP) is 2.56. The number of hydrogen-bond donors (Lipinski definition) is 1. The molecule has 100 valence electrons. The molecular formula is C13H9ClN4OS. The average molecular weight is 305 g/mol. The van der Waals surface area contributed by atoms with E-state index in [1.165, 1.54) is 18.0 Å². The standard InChI is InChI=1S/C13H9ClN4OS/c14-10-3-1-8(2-4-10)11(19)7-20-13-17-6-9(5-15)12(16)18-13/h1-4,6H,7H2,(H2,16,17,18). The predicted molar refractivity (Wildman–Crippen MR) is 77.7 cm³/mol. The summed E-state index contributed by atoms with van der Waals surface area (Å²) in [5.41, 5.74) is 6.37. The normalized spacial score (nSPS) is 10.0. The second kappa shape index (κ2) is 6.37. The van der Waals surface area contributed by atoms with Gasteiger partial charge in [-0.1, -0.05) is 23.4 Å². The number of nitriles is 1. The molecule has 1 heterocycles. The number of nitrogen functional groups attached to an aromatic ring is 1. The fourth-order valence-corrected chi connectivity index (χ4v) is 2.23. The minimum Gasteiger partial charge on any atom is -0.382 e. The van der Waals surface area contributed by atoms with E-state index in [4.69, 9.17) is 22.6 Å². The van der Waals surface area contributed by atoms with Gasteiger partial charge in [-0.3, -0.25) is 4.79 Å². The third-order valence-corrected chi connectivity index (χ3v) is 3.53. The lowest BCUT2D eigenvalue weighted by Crippen LogP contribution is -2.04. The van der Waals surface area contributed by atoms with Crippen LogP contribution in [0.15, 0.2) is 35.6 Å². The van der Waals surface area contributed by atoms with Crippen LogP contribution in [0.4, 0.5) is 5.82 Å². The maximum absolute atomic E-state index is 11.9. The van der Waals surface area contributed by atoms with Gasteiger partial charge in [-0.2, -0.15) is 5.26 Å². The monoisotopic (exact) mass is 304 g/mol. The Morgan fingerprint density at radius 1 is 1.40 bits per heavy atom. The van der Waals surface area contributed by atoms with Gasteiger partial charge in [0.25, 0.3) is 0 Å². The lowest BCUT2D eigenvalue weighted by Gasteiger charge is -2.02. The summed E-state index contributed by atoms with van der Waals surface area (Å²) in [5, 5.41) is 9.66. The van der Waals surface area contributed by atoms with E-state index in [1.807, 2.05) is 6.07 Å². The summed E-state index contributed by atoms with van der Waals surface area (Å²) in [5.74, 6) is 0.245. The Hall–Kier alpha value is -2.10. The summed E-state index contributed by atoms with van der Waals surface area (Å²) < 4.78 is 0. The van der Waals surface area contributed by atoms with Crippen molar-refractivity contribution in [1.29, 1.82) is 5.26 Å². The number of nitrogens with two attached hydrogens (primary N) is 1. The third-order valence-electron chi connectivity index (χ3n) is 2.42. The highest BCUT2D eigenvalue weighted by molar-refractivity contribution is 7.99. The maximum atomic E-state index is 11.9. The molecule has 0 amide bonds. The molecule has 0 aliphatic heterocycles. The molecule has 0 radical (unpaired) electrons. The molecule has 2 aromatic rings. The Balaban J connectivity index is 2.02. The molecule has 2 N–H and O–H groups in total. The summed E-state index contributed by atoms with van der Waals surface area (Å²) in [6, 6.07) is 8.54. The topological polar surface area (TPSA) is 92.7 Å². The minimum atomic E-state index is -0.0572. The number of anilines is 1. The summed E-state index contributed by atoms with van der Waals surface area (Å²) in [4.78, 5) is 19.9. The van der Waals surface area contributed by atoms with Crippen LogP contribution in [0, 0.1) is 11.3 Å². The first-order valence-electron chi connectivity index (χ1n) is 5.54. The molecule has 7 heteroatoms. The van der Waals surface area contributed by atoms with Crippen LogP contribution in [0.2, 0.25) is 5.02 Å². The van der Waals surface area contributed by atoms with Gasteiger partial charge >= 0.3 is 0 Å². The van der Waals surface area contributed by atoms with Crippen molar-refractivity contribution in [3.63, 3.8) is 0 Å².